The van der Waals surface area contributed by atoms with E-state index in [1.165, 1.54) is 27.8 Å². The van der Waals surface area contributed by atoms with Gasteiger partial charge >= 0.3 is 0 Å². The average molecular weight is 404 g/mol. The second-order valence-corrected chi connectivity index (χ2v) is 8.07. The Labute approximate surface area is 186 Å². The second kappa shape index (κ2) is 9.95. The van der Waals surface area contributed by atoms with Crippen LogP contribution in [0.1, 0.15) is 37.8 Å². The van der Waals surface area contributed by atoms with Gasteiger partial charge in [-0.2, -0.15) is 0 Å². The third-order valence-corrected chi connectivity index (χ3v) is 5.29. The molecule has 0 saturated heterocycles. The van der Waals surface area contributed by atoms with Gasteiger partial charge in [0.25, 0.3) is 0 Å². The molecule has 0 heterocycles. The molecule has 1 aliphatic carbocycles. The first-order valence-electron chi connectivity index (χ1n) is 10.9. The van der Waals surface area contributed by atoms with Gasteiger partial charge in [0.1, 0.15) is 0 Å². The predicted octanol–water partition coefficient (Wildman–Crippen LogP) is 8.57. The van der Waals surface area contributed by atoms with E-state index in [-0.39, 0.29) is 0 Å². The number of rotatable bonds is 6. The Morgan fingerprint density at radius 2 is 1.39 bits per heavy atom. The van der Waals surface area contributed by atoms with Crippen molar-refractivity contribution in [1.29, 1.82) is 0 Å². The van der Waals surface area contributed by atoms with Gasteiger partial charge in [0.15, 0.2) is 0 Å². The summed E-state index contributed by atoms with van der Waals surface area (Å²) in [4.78, 5) is 2.24. The summed E-state index contributed by atoms with van der Waals surface area (Å²) in [5.41, 5.74) is 8.60. The van der Waals surface area contributed by atoms with E-state index >= 15 is 0 Å². The lowest BCUT2D eigenvalue weighted by Gasteiger charge is -2.22. The number of para-hydroxylation sites is 1. The number of allylic oxidation sites excluding steroid dienone is 6. The molecule has 0 spiro atoms. The molecule has 0 amide bonds. The molecule has 1 heteroatoms. The third kappa shape index (κ3) is 5.32. The molecule has 1 nitrogen and oxygen atoms in total. The summed E-state index contributed by atoms with van der Waals surface area (Å²) in [5.74, 6) is 0. The van der Waals surface area contributed by atoms with Crippen LogP contribution in [0.15, 0.2) is 121 Å². The fourth-order valence-corrected chi connectivity index (χ4v) is 3.81. The van der Waals surface area contributed by atoms with Gasteiger partial charge in [-0.25, -0.2) is 0 Å². The Kier molecular flexibility index (Phi) is 6.64. The number of anilines is 2. The maximum absolute atomic E-state index is 2.35. The molecule has 0 aromatic heterocycles. The van der Waals surface area contributed by atoms with Crippen molar-refractivity contribution in [3.8, 4) is 0 Å². The second-order valence-electron chi connectivity index (χ2n) is 8.07. The van der Waals surface area contributed by atoms with Crippen molar-refractivity contribution < 1.29 is 0 Å². The van der Waals surface area contributed by atoms with Crippen molar-refractivity contribution >= 4 is 23.0 Å². The summed E-state index contributed by atoms with van der Waals surface area (Å²) in [6.45, 7) is 4.26. The maximum Gasteiger partial charge on any atom is 0.0455 e. The van der Waals surface area contributed by atoms with Crippen LogP contribution in [0.3, 0.4) is 0 Å². The molecule has 0 atom stereocenters. The monoisotopic (exact) mass is 403 g/mol. The standard InChI is InChI=1S/C30H29N/c1-24(2)23-31(28-16-10-5-11-17-28)29-20-18-25(19-21-29)22-30(26-12-6-3-7-13-26)27-14-8-4-9-15-27/h3,5-8,10-23H,4,9H2,1-2H3/b30-22-. The summed E-state index contributed by atoms with van der Waals surface area (Å²) in [5, 5.41) is 0. The molecule has 0 unspecified atom stereocenters. The number of hydrogen-bond donors (Lipinski definition) is 0. The lowest BCUT2D eigenvalue weighted by atomic mass is 9.92. The molecule has 0 radical (unpaired) electrons. The van der Waals surface area contributed by atoms with Crippen LogP contribution in [0, 0.1) is 0 Å². The molecule has 3 aromatic carbocycles. The van der Waals surface area contributed by atoms with Crippen molar-refractivity contribution in [2.45, 2.75) is 26.7 Å². The molecule has 0 saturated carbocycles. The summed E-state index contributed by atoms with van der Waals surface area (Å²) < 4.78 is 0. The molecule has 0 bridgehead atoms. The van der Waals surface area contributed by atoms with Gasteiger partial charge < -0.3 is 4.90 Å². The Balaban J connectivity index is 1.70. The molecule has 0 fully saturated rings. The van der Waals surface area contributed by atoms with Crippen molar-refractivity contribution in [2.24, 2.45) is 0 Å². The molecule has 31 heavy (non-hydrogen) atoms. The summed E-state index contributed by atoms with van der Waals surface area (Å²) in [7, 11) is 0. The topological polar surface area (TPSA) is 3.24 Å². The van der Waals surface area contributed by atoms with Gasteiger partial charge in [-0.05, 0) is 79.3 Å². The Morgan fingerprint density at radius 1 is 0.742 bits per heavy atom. The minimum atomic E-state index is 1.10. The fourth-order valence-electron chi connectivity index (χ4n) is 3.81. The van der Waals surface area contributed by atoms with E-state index in [2.05, 4.69) is 134 Å². The highest BCUT2D eigenvalue weighted by Gasteiger charge is 2.09. The van der Waals surface area contributed by atoms with E-state index in [0.717, 1.165) is 24.2 Å². The van der Waals surface area contributed by atoms with E-state index in [1.54, 1.807) is 0 Å². The van der Waals surface area contributed by atoms with Crippen LogP contribution in [-0.2, 0) is 0 Å². The van der Waals surface area contributed by atoms with Gasteiger partial charge in [0, 0.05) is 17.6 Å². The van der Waals surface area contributed by atoms with E-state index in [0.29, 0.717) is 0 Å². The molecule has 0 aliphatic heterocycles. The number of benzene rings is 3. The van der Waals surface area contributed by atoms with Crippen molar-refractivity contribution in [3.63, 3.8) is 0 Å². The van der Waals surface area contributed by atoms with Gasteiger partial charge in [-0.1, -0.05) is 84.5 Å². The molecule has 1 aliphatic rings. The smallest absolute Gasteiger partial charge is 0.0455 e. The highest BCUT2D eigenvalue weighted by molar-refractivity contribution is 5.93. The first kappa shape index (κ1) is 20.7. The van der Waals surface area contributed by atoms with Gasteiger partial charge in [-0.15, -0.1) is 0 Å². The summed E-state index contributed by atoms with van der Waals surface area (Å²) in [6.07, 6.45) is 13.6. The van der Waals surface area contributed by atoms with Crippen LogP contribution in [-0.4, -0.2) is 0 Å². The Morgan fingerprint density at radius 3 is 2.00 bits per heavy atom. The number of nitrogens with zero attached hydrogens (tertiary/aromatic N) is 1. The minimum absolute atomic E-state index is 1.10. The zero-order chi connectivity index (χ0) is 21.5. The van der Waals surface area contributed by atoms with E-state index < -0.39 is 0 Å². The minimum Gasteiger partial charge on any atom is -0.317 e. The predicted molar refractivity (Wildman–Crippen MR) is 135 cm³/mol. The van der Waals surface area contributed by atoms with Gasteiger partial charge in [0.2, 0.25) is 0 Å². The van der Waals surface area contributed by atoms with E-state index in [1.807, 2.05) is 0 Å². The lowest BCUT2D eigenvalue weighted by molar-refractivity contribution is 1.03. The Hall–Kier alpha value is -3.58. The molecular formula is C30H29N. The third-order valence-electron chi connectivity index (χ3n) is 5.29. The van der Waals surface area contributed by atoms with Crippen molar-refractivity contribution in [3.05, 3.63) is 132 Å². The highest BCUT2D eigenvalue weighted by atomic mass is 15.1. The summed E-state index contributed by atoms with van der Waals surface area (Å²) in [6, 6.07) is 30.0. The average Bonchev–Trinajstić information content (AvgIpc) is 2.83. The fraction of sp³-hybridized carbons (Fsp3) is 0.133. The number of hydrogen-bond acceptors (Lipinski definition) is 1. The van der Waals surface area contributed by atoms with Crippen LogP contribution in [0.25, 0.3) is 11.6 Å². The van der Waals surface area contributed by atoms with Gasteiger partial charge in [-0.3, -0.25) is 0 Å². The van der Waals surface area contributed by atoms with Crippen LogP contribution in [0.5, 0.6) is 0 Å². The summed E-state index contributed by atoms with van der Waals surface area (Å²) >= 11 is 0. The van der Waals surface area contributed by atoms with Crippen LogP contribution in [0.4, 0.5) is 11.4 Å². The molecule has 0 N–H and O–H groups in total. The lowest BCUT2D eigenvalue weighted by Crippen LogP contribution is -2.08. The zero-order valence-corrected chi connectivity index (χ0v) is 18.3. The maximum atomic E-state index is 2.35. The normalized spacial score (nSPS) is 13.5. The van der Waals surface area contributed by atoms with E-state index in [4.69, 9.17) is 0 Å². The zero-order valence-electron chi connectivity index (χ0n) is 18.3. The molecule has 3 aromatic rings. The first-order chi connectivity index (χ1) is 15.2. The van der Waals surface area contributed by atoms with Crippen LogP contribution >= 0.6 is 0 Å². The quantitative estimate of drug-likeness (QED) is 0.373. The van der Waals surface area contributed by atoms with Gasteiger partial charge in [0.05, 0.1) is 0 Å². The van der Waals surface area contributed by atoms with Crippen molar-refractivity contribution in [1.82, 2.24) is 0 Å². The SMILES string of the molecule is CC(C)=CN(c1ccccc1)c1ccc(/C=C(\C2=CCCC=C2)c2ccccc2)cc1. The molecular weight excluding hydrogens is 374 g/mol. The van der Waals surface area contributed by atoms with Crippen molar-refractivity contribution in [2.75, 3.05) is 4.90 Å². The Bertz CT molecular complexity index is 1110. The van der Waals surface area contributed by atoms with Crippen LogP contribution in [0.2, 0.25) is 0 Å². The van der Waals surface area contributed by atoms with E-state index in [9.17, 15) is 0 Å². The molecule has 4 rings (SSSR count). The largest absolute Gasteiger partial charge is 0.317 e. The first-order valence-corrected chi connectivity index (χ1v) is 10.9. The molecule has 154 valence electrons. The highest BCUT2D eigenvalue weighted by Crippen LogP contribution is 2.31. The van der Waals surface area contributed by atoms with Crippen LogP contribution < -0.4 is 4.90 Å².